The van der Waals surface area contributed by atoms with Gasteiger partial charge in [-0.25, -0.2) is 8.78 Å². The van der Waals surface area contributed by atoms with Crippen LogP contribution < -0.4 is 5.73 Å². The molecule has 1 nitrogen and oxygen atoms in total. The Hall–Kier alpha value is -1.07. The van der Waals surface area contributed by atoms with Crippen molar-refractivity contribution in [3.05, 3.63) is 58.1 Å². The van der Waals surface area contributed by atoms with Crippen LogP contribution in [0.15, 0.2) is 45.8 Å². The monoisotopic (exact) mass is 329 g/mol. The van der Waals surface area contributed by atoms with Crippen molar-refractivity contribution in [3.8, 4) is 0 Å². The minimum absolute atomic E-state index is 0.409. The first kappa shape index (κ1) is 13.4. The zero-order chi connectivity index (χ0) is 13.1. The predicted molar refractivity (Wildman–Crippen MR) is 74.5 cm³/mol. The molecule has 0 atom stereocenters. The summed E-state index contributed by atoms with van der Waals surface area (Å²) in [6, 6.07) is 9.07. The van der Waals surface area contributed by atoms with E-state index in [0.717, 1.165) is 16.1 Å². The molecule has 2 rings (SSSR count). The fourth-order valence-corrected chi connectivity index (χ4v) is 3.16. The number of hydrogen-bond acceptors (Lipinski definition) is 2. The Labute approximate surface area is 117 Å². The second kappa shape index (κ2) is 5.71. The summed E-state index contributed by atoms with van der Waals surface area (Å²) in [5, 5.41) is 0. The van der Waals surface area contributed by atoms with Crippen LogP contribution in [0.5, 0.6) is 0 Å². The summed E-state index contributed by atoms with van der Waals surface area (Å²) in [6.45, 7) is 0. The highest BCUT2D eigenvalue weighted by molar-refractivity contribution is 9.10. The Kier molecular flexibility index (Phi) is 4.24. The molecule has 0 amide bonds. The first-order valence-electron chi connectivity index (χ1n) is 5.18. The van der Waals surface area contributed by atoms with Gasteiger partial charge in [-0.3, -0.25) is 0 Å². The van der Waals surface area contributed by atoms with Crippen LogP contribution in [0.3, 0.4) is 0 Å². The molecule has 0 bridgehead atoms. The second-order valence-electron chi connectivity index (χ2n) is 3.67. The Morgan fingerprint density at radius 1 is 1.17 bits per heavy atom. The van der Waals surface area contributed by atoms with E-state index < -0.39 is 11.6 Å². The second-order valence-corrected chi connectivity index (χ2v) is 5.54. The third kappa shape index (κ3) is 3.03. The number of hydrogen-bond donors (Lipinski definition) is 1. The van der Waals surface area contributed by atoms with Gasteiger partial charge in [0.25, 0.3) is 0 Å². The lowest BCUT2D eigenvalue weighted by atomic mass is 10.2. The van der Waals surface area contributed by atoms with Crippen LogP contribution in [0, 0.1) is 11.6 Å². The fourth-order valence-electron chi connectivity index (χ4n) is 1.47. The van der Waals surface area contributed by atoms with Gasteiger partial charge >= 0.3 is 0 Å². The molecular formula is C13H10BrF2NS. The molecule has 0 spiro atoms. The molecule has 0 saturated heterocycles. The smallest absolute Gasteiger partial charge is 0.139 e. The van der Waals surface area contributed by atoms with Crippen molar-refractivity contribution in [1.82, 2.24) is 0 Å². The molecule has 94 valence electrons. The molecule has 0 saturated carbocycles. The van der Waals surface area contributed by atoms with Crippen molar-refractivity contribution in [2.75, 3.05) is 5.73 Å². The van der Waals surface area contributed by atoms with E-state index in [1.165, 1.54) is 23.9 Å². The van der Waals surface area contributed by atoms with Crippen molar-refractivity contribution < 1.29 is 8.78 Å². The fraction of sp³-hybridized carbons (Fsp3) is 0.0769. The van der Waals surface area contributed by atoms with E-state index in [4.69, 9.17) is 5.73 Å². The van der Waals surface area contributed by atoms with Gasteiger partial charge in [0.1, 0.15) is 11.6 Å². The quantitative estimate of drug-likeness (QED) is 0.657. The van der Waals surface area contributed by atoms with Crippen LogP contribution in [0.4, 0.5) is 14.5 Å². The SMILES string of the molecule is Nc1cccc(Br)c1CSc1ccc(F)cc1F. The number of thioether (sulfide) groups is 1. The van der Waals surface area contributed by atoms with Crippen LogP contribution in [0.1, 0.15) is 5.56 Å². The number of halogens is 3. The molecule has 0 radical (unpaired) electrons. The Morgan fingerprint density at radius 3 is 2.61 bits per heavy atom. The van der Waals surface area contributed by atoms with Gasteiger partial charge in [0.05, 0.1) is 0 Å². The molecule has 0 fully saturated rings. The number of anilines is 1. The number of nitrogen functional groups attached to an aromatic ring is 1. The van der Waals surface area contributed by atoms with Gasteiger partial charge in [-0.05, 0) is 29.8 Å². The summed E-state index contributed by atoms with van der Waals surface area (Å²) in [5.74, 6) is -0.599. The van der Waals surface area contributed by atoms with Crippen LogP contribution in [-0.4, -0.2) is 0 Å². The molecular weight excluding hydrogens is 320 g/mol. The van der Waals surface area contributed by atoms with Crippen molar-refractivity contribution in [2.45, 2.75) is 10.6 Å². The molecule has 2 aromatic rings. The van der Waals surface area contributed by atoms with E-state index in [0.29, 0.717) is 16.3 Å². The number of nitrogens with two attached hydrogens (primary N) is 1. The van der Waals surface area contributed by atoms with Crippen molar-refractivity contribution in [1.29, 1.82) is 0 Å². The highest BCUT2D eigenvalue weighted by Crippen LogP contribution is 2.31. The topological polar surface area (TPSA) is 26.0 Å². The summed E-state index contributed by atoms with van der Waals surface area (Å²) in [7, 11) is 0. The van der Waals surface area contributed by atoms with Gasteiger partial charge in [-0.1, -0.05) is 22.0 Å². The molecule has 0 aliphatic carbocycles. The van der Waals surface area contributed by atoms with Gasteiger partial charge in [-0.15, -0.1) is 11.8 Å². The highest BCUT2D eigenvalue weighted by Gasteiger charge is 2.08. The first-order valence-corrected chi connectivity index (χ1v) is 6.96. The summed E-state index contributed by atoms with van der Waals surface area (Å²) in [6.07, 6.45) is 0. The summed E-state index contributed by atoms with van der Waals surface area (Å²) < 4.78 is 27.1. The van der Waals surface area contributed by atoms with E-state index in [9.17, 15) is 8.78 Å². The molecule has 0 unspecified atom stereocenters. The van der Waals surface area contributed by atoms with E-state index in [1.807, 2.05) is 12.1 Å². The lowest BCUT2D eigenvalue weighted by Crippen LogP contribution is -1.94. The maximum Gasteiger partial charge on any atom is 0.139 e. The number of benzene rings is 2. The third-order valence-corrected chi connectivity index (χ3v) is 4.24. The van der Waals surface area contributed by atoms with E-state index >= 15 is 0 Å². The molecule has 18 heavy (non-hydrogen) atoms. The first-order chi connectivity index (χ1) is 8.58. The zero-order valence-corrected chi connectivity index (χ0v) is 11.7. The minimum atomic E-state index is -0.572. The van der Waals surface area contributed by atoms with Crippen LogP contribution >= 0.6 is 27.7 Å². The van der Waals surface area contributed by atoms with Gasteiger partial charge in [-0.2, -0.15) is 0 Å². The van der Waals surface area contributed by atoms with E-state index in [-0.39, 0.29) is 0 Å². The largest absolute Gasteiger partial charge is 0.398 e. The lowest BCUT2D eigenvalue weighted by Gasteiger charge is -2.08. The normalized spacial score (nSPS) is 10.6. The minimum Gasteiger partial charge on any atom is -0.398 e. The predicted octanol–water partition coefficient (Wildman–Crippen LogP) is 4.60. The lowest BCUT2D eigenvalue weighted by molar-refractivity contribution is 0.565. The van der Waals surface area contributed by atoms with Gasteiger partial charge < -0.3 is 5.73 Å². The van der Waals surface area contributed by atoms with E-state index in [1.54, 1.807) is 6.07 Å². The maximum absolute atomic E-state index is 13.5. The van der Waals surface area contributed by atoms with Gasteiger partial charge in [0, 0.05) is 26.9 Å². The molecule has 0 aliphatic rings. The molecule has 0 aromatic heterocycles. The van der Waals surface area contributed by atoms with Crippen molar-refractivity contribution in [2.24, 2.45) is 0 Å². The van der Waals surface area contributed by atoms with Crippen molar-refractivity contribution >= 4 is 33.4 Å². The molecule has 0 heterocycles. The highest BCUT2D eigenvalue weighted by atomic mass is 79.9. The van der Waals surface area contributed by atoms with Crippen LogP contribution in [0.2, 0.25) is 0 Å². The molecule has 2 N–H and O–H groups in total. The number of rotatable bonds is 3. The molecule has 2 aromatic carbocycles. The maximum atomic E-state index is 13.5. The summed E-state index contributed by atoms with van der Waals surface area (Å²) in [5.41, 5.74) is 7.41. The third-order valence-electron chi connectivity index (χ3n) is 2.42. The average Bonchev–Trinajstić information content (AvgIpc) is 2.31. The Bertz CT molecular complexity index is 555. The van der Waals surface area contributed by atoms with Crippen LogP contribution in [-0.2, 0) is 5.75 Å². The van der Waals surface area contributed by atoms with E-state index in [2.05, 4.69) is 15.9 Å². The Balaban J connectivity index is 2.16. The standard InChI is InChI=1S/C13H10BrF2NS/c14-10-2-1-3-12(17)9(10)7-18-13-5-4-8(15)6-11(13)16/h1-6H,7,17H2. The molecule has 5 heteroatoms. The summed E-state index contributed by atoms with van der Waals surface area (Å²) >= 11 is 4.69. The van der Waals surface area contributed by atoms with Gasteiger partial charge in [0.15, 0.2) is 0 Å². The average molecular weight is 330 g/mol. The molecule has 0 aliphatic heterocycles. The zero-order valence-electron chi connectivity index (χ0n) is 9.29. The van der Waals surface area contributed by atoms with Crippen molar-refractivity contribution in [3.63, 3.8) is 0 Å². The van der Waals surface area contributed by atoms with Crippen LogP contribution in [0.25, 0.3) is 0 Å². The Morgan fingerprint density at radius 2 is 1.94 bits per heavy atom. The van der Waals surface area contributed by atoms with Gasteiger partial charge in [0.2, 0.25) is 0 Å². The summed E-state index contributed by atoms with van der Waals surface area (Å²) in [4.78, 5) is 0.409.